The molecule has 150 valence electrons. The van der Waals surface area contributed by atoms with Crippen LogP contribution in [0.3, 0.4) is 0 Å². The van der Waals surface area contributed by atoms with Crippen molar-refractivity contribution in [3.63, 3.8) is 0 Å². The fourth-order valence-electron chi connectivity index (χ4n) is 2.97. The quantitative estimate of drug-likeness (QED) is 0.516. The molecular weight excluding hydrogens is 376 g/mol. The summed E-state index contributed by atoms with van der Waals surface area (Å²) in [6, 6.07) is 0. The molecule has 0 bridgehead atoms. The smallest absolute Gasteiger partial charge is 0.303 e. The Labute approximate surface area is 157 Å². The van der Waals surface area contributed by atoms with Crippen LogP contribution in [0.5, 0.6) is 0 Å². The molecule has 1 aliphatic rings. The maximum absolute atomic E-state index is 11.9. The molecule has 1 aliphatic heterocycles. The molecule has 0 aliphatic carbocycles. The molecule has 3 heterocycles. The number of fused-ring (bicyclic) bond motifs is 1. The normalized spacial score (nSPS) is 24.1. The molecule has 0 saturated carbocycles. The van der Waals surface area contributed by atoms with E-state index in [-0.39, 0.29) is 17.8 Å². The second kappa shape index (κ2) is 7.76. The number of aromatic nitrogens is 4. The topological polar surface area (TPSA) is 152 Å². The summed E-state index contributed by atoms with van der Waals surface area (Å²) >= 11 is 0. The van der Waals surface area contributed by atoms with E-state index in [2.05, 4.69) is 15.0 Å². The summed E-state index contributed by atoms with van der Waals surface area (Å²) in [6.07, 6.45) is -1.58. The first-order valence-corrected chi connectivity index (χ1v) is 8.31. The third-order valence-corrected chi connectivity index (χ3v) is 3.98. The van der Waals surface area contributed by atoms with Gasteiger partial charge in [-0.3, -0.25) is 23.7 Å². The Balaban J connectivity index is 2.02. The summed E-state index contributed by atoms with van der Waals surface area (Å²) in [7, 11) is 0. The lowest BCUT2D eigenvalue weighted by Gasteiger charge is -2.23. The van der Waals surface area contributed by atoms with Gasteiger partial charge >= 0.3 is 17.9 Å². The summed E-state index contributed by atoms with van der Waals surface area (Å²) in [6.45, 7) is 3.36. The van der Waals surface area contributed by atoms with E-state index >= 15 is 0 Å². The molecule has 12 nitrogen and oxygen atoms in total. The lowest BCUT2D eigenvalue weighted by Crippen LogP contribution is -2.40. The molecule has 1 unspecified atom stereocenters. The Hall–Kier alpha value is -3.28. The number of hydrogen-bond donors (Lipinski definition) is 1. The molecule has 0 radical (unpaired) electrons. The molecule has 1 N–H and O–H groups in total. The van der Waals surface area contributed by atoms with Gasteiger partial charge in [-0.2, -0.15) is 0 Å². The Morgan fingerprint density at radius 3 is 2.43 bits per heavy atom. The molecule has 1 saturated heterocycles. The Morgan fingerprint density at radius 1 is 1.11 bits per heavy atom. The average Bonchev–Trinajstić information content (AvgIpc) is 3.16. The van der Waals surface area contributed by atoms with E-state index < -0.39 is 48.0 Å². The highest BCUT2D eigenvalue weighted by molar-refractivity contribution is 5.70. The number of carbonyl (C=O) groups excluding carboxylic acids is 3. The van der Waals surface area contributed by atoms with Gasteiger partial charge in [0.15, 0.2) is 29.6 Å². The van der Waals surface area contributed by atoms with Crippen molar-refractivity contribution < 1.29 is 33.3 Å². The Morgan fingerprint density at radius 2 is 1.79 bits per heavy atom. The number of carbonyl (C=O) groups is 3. The molecule has 0 amide bonds. The van der Waals surface area contributed by atoms with Gasteiger partial charge in [0.2, 0.25) is 0 Å². The van der Waals surface area contributed by atoms with Crippen molar-refractivity contribution >= 4 is 29.1 Å². The van der Waals surface area contributed by atoms with Gasteiger partial charge in [-0.1, -0.05) is 0 Å². The van der Waals surface area contributed by atoms with Gasteiger partial charge in [0.05, 0.1) is 12.7 Å². The number of H-pyrrole nitrogens is 1. The van der Waals surface area contributed by atoms with Crippen LogP contribution in [0.2, 0.25) is 0 Å². The molecule has 4 atom stereocenters. The number of hydrogen-bond acceptors (Lipinski definition) is 10. The summed E-state index contributed by atoms with van der Waals surface area (Å²) in [4.78, 5) is 56.8. The zero-order chi connectivity index (χ0) is 20.4. The highest BCUT2D eigenvalue weighted by atomic mass is 16.7. The summed E-state index contributed by atoms with van der Waals surface area (Å²) in [5, 5.41) is 0. The van der Waals surface area contributed by atoms with Gasteiger partial charge in [-0.25, -0.2) is 9.97 Å². The largest absolute Gasteiger partial charge is 0.463 e. The number of ether oxygens (including phenoxy) is 4. The van der Waals surface area contributed by atoms with Crippen molar-refractivity contribution in [1.29, 1.82) is 0 Å². The molecular formula is C16H18N4O8. The third kappa shape index (κ3) is 3.86. The van der Waals surface area contributed by atoms with E-state index in [0.717, 1.165) is 0 Å². The molecule has 12 heteroatoms. The van der Waals surface area contributed by atoms with Crippen LogP contribution in [0.4, 0.5) is 0 Å². The van der Waals surface area contributed by atoms with Crippen LogP contribution >= 0.6 is 0 Å². The van der Waals surface area contributed by atoms with Gasteiger partial charge in [0, 0.05) is 20.8 Å². The maximum Gasteiger partial charge on any atom is 0.303 e. The van der Waals surface area contributed by atoms with E-state index in [4.69, 9.17) is 18.9 Å². The van der Waals surface area contributed by atoms with Crippen LogP contribution in [0.1, 0.15) is 27.0 Å². The fraction of sp³-hybridized carbons (Fsp3) is 0.500. The highest BCUT2D eigenvalue weighted by Gasteiger charge is 2.51. The molecule has 0 spiro atoms. The van der Waals surface area contributed by atoms with Gasteiger partial charge in [0.25, 0.3) is 5.56 Å². The van der Waals surface area contributed by atoms with Crippen LogP contribution < -0.4 is 5.56 Å². The van der Waals surface area contributed by atoms with Crippen molar-refractivity contribution in [2.45, 2.75) is 45.3 Å². The second-order valence-electron chi connectivity index (χ2n) is 6.07. The van der Waals surface area contributed by atoms with Crippen LogP contribution in [0.15, 0.2) is 17.4 Å². The monoisotopic (exact) mass is 394 g/mol. The van der Waals surface area contributed by atoms with Crippen molar-refractivity contribution in [1.82, 2.24) is 19.5 Å². The molecule has 0 aromatic carbocycles. The standard InChI is InChI=1S/C16H18N4O8/c1-7(21)25-4-10-12(26-8(2)22)13(27-9(3)23)16(28-10)20-6-19-11-14(20)17-5-18-15(11)24/h5-6,10,12-13,16H,4H2,1-3H3,(H,17,18,24)/t10-,12-,13-,16?/m1/s1. The van der Waals surface area contributed by atoms with Crippen LogP contribution in [0.25, 0.3) is 11.2 Å². The number of rotatable bonds is 5. The number of aromatic amines is 1. The lowest BCUT2D eigenvalue weighted by atomic mass is 10.1. The first kappa shape index (κ1) is 19.5. The zero-order valence-corrected chi connectivity index (χ0v) is 15.3. The number of esters is 3. The molecule has 2 aromatic heterocycles. The minimum absolute atomic E-state index is 0.0557. The zero-order valence-electron chi connectivity index (χ0n) is 15.3. The number of imidazole rings is 1. The summed E-state index contributed by atoms with van der Waals surface area (Å²) in [5.74, 6) is -1.83. The second-order valence-corrected chi connectivity index (χ2v) is 6.07. The van der Waals surface area contributed by atoms with E-state index in [1.54, 1.807) is 0 Å². The van der Waals surface area contributed by atoms with E-state index in [1.807, 2.05) is 0 Å². The molecule has 2 aromatic rings. The van der Waals surface area contributed by atoms with Crippen molar-refractivity contribution in [2.75, 3.05) is 6.61 Å². The van der Waals surface area contributed by atoms with Crippen molar-refractivity contribution in [3.8, 4) is 0 Å². The van der Waals surface area contributed by atoms with E-state index in [1.165, 1.54) is 38.0 Å². The molecule has 3 rings (SSSR count). The molecule has 28 heavy (non-hydrogen) atoms. The van der Waals surface area contributed by atoms with Crippen molar-refractivity contribution in [3.05, 3.63) is 23.0 Å². The fourth-order valence-corrected chi connectivity index (χ4v) is 2.97. The third-order valence-electron chi connectivity index (χ3n) is 3.98. The lowest BCUT2D eigenvalue weighted by molar-refractivity contribution is -0.166. The maximum atomic E-state index is 11.9. The number of nitrogens with one attached hydrogen (secondary N) is 1. The minimum Gasteiger partial charge on any atom is -0.463 e. The van der Waals surface area contributed by atoms with Crippen LogP contribution in [-0.2, 0) is 33.3 Å². The van der Waals surface area contributed by atoms with E-state index in [9.17, 15) is 19.2 Å². The summed E-state index contributed by atoms with van der Waals surface area (Å²) < 4.78 is 22.8. The SMILES string of the molecule is CC(=O)OC[C@H]1OC(n2cnc3c(=O)[nH]cnc32)[C@H](OC(C)=O)[C@@H]1OC(C)=O. The highest BCUT2D eigenvalue weighted by Crippen LogP contribution is 2.35. The van der Waals surface area contributed by atoms with Crippen LogP contribution in [0, 0.1) is 0 Å². The van der Waals surface area contributed by atoms with E-state index in [0.29, 0.717) is 0 Å². The first-order chi connectivity index (χ1) is 13.3. The number of nitrogens with zero attached hydrogens (tertiary/aromatic N) is 3. The minimum atomic E-state index is -1.08. The Bertz CT molecular complexity index is 967. The Kier molecular flexibility index (Phi) is 5.40. The average molecular weight is 394 g/mol. The summed E-state index contributed by atoms with van der Waals surface area (Å²) in [5.41, 5.74) is -0.223. The van der Waals surface area contributed by atoms with Gasteiger partial charge in [-0.05, 0) is 0 Å². The predicted octanol–water partition coefficient (Wildman–Crippen LogP) is -0.556. The predicted molar refractivity (Wildman–Crippen MR) is 89.8 cm³/mol. The van der Waals surface area contributed by atoms with Gasteiger partial charge in [-0.15, -0.1) is 0 Å². The van der Waals surface area contributed by atoms with Gasteiger partial charge < -0.3 is 23.9 Å². The van der Waals surface area contributed by atoms with Crippen molar-refractivity contribution in [2.24, 2.45) is 0 Å². The van der Waals surface area contributed by atoms with Crippen LogP contribution in [-0.4, -0.2) is 62.3 Å². The van der Waals surface area contributed by atoms with Gasteiger partial charge in [0.1, 0.15) is 12.7 Å². The first-order valence-electron chi connectivity index (χ1n) is 8.31. The molecule has 1 fully saturated rings.